The first kappa shape index (κ1) is 13.5. The molecule has 0 bridgehead atoms. The second kappa shape index (κ2) is 5.82. The number of halogens is 1. The number of aromatic nitrogens is 2. The van der Waals surface area contributed by atoms with Gasteiger partial charge in [0.05, 0.1) is 0 Å². The van der Waals surface area contributed by atoms with Crippen LogP contribution in [-0.4, -0.2) is 35.8 Å². The zero-order valence-corrected chi connectivity index (χ0v) is 11.5. The van der Waals surface area contributed by atoms with Gasteiger partial charge in [0.25, 0.3) is 0 Å². The van der Waals surface area contributed by atoms with Crippen LogP contribution in [-0.2, 0) is 16.1 Å². The van der Waals surface area contributed by atoms with E-state index >= 15 is 0 Å². The molecule has 0 spiro atoms. The van der Waals surface area contributed by atoms with Crippen molar-refractivity contribution in [2.45, 2.75) is 31.9 Å². The molecule has 1 aliphatic heterocycles. The number of nitrogens with one attached hydrogen (secondary N) is 1. The van der Waals surface area contributed by atoms with Gasteiger partial charge >= 0.3 is 0 Å². The Kier molecular flexibility index (Phi) is 4.37. The Hall–Kier alpha value is -0.910. The Bertz CT molecular complexity index is 408. The highest BCUT2D eigenvalue weighted by Gasteiger charge is 2.27. The summed E-state index contributed by atoms with van der Waals surface area (Å²) in [5, 5.41) is 3.85. The lowest BCUT2D eigenvalue weighted by atomic mass is 9.92. The lowest BCUT2D eigenvalue weighted by Crippen LogP contribution is -2.41. The standard InChI is InChI=1S/C12H18ClN3O2/c1-12(3-5-18-6-4-12)16-10-7-9(13)14-11(15-10)8-17-2/h7H,3-6,8H2,1-2H3,(H,14,15,16). The van der Waals surface area contributed by atoms with Crippen LogP contribution in [0.1, 0.15) is 25.6 Å². The maximum Gasteiger partial charge on any atom is 0.158 e. The normalized spacial score (nSPS) is 18.6. The number of rotatable bonds is 4. The third-order valence-corrected chi connectivity index (χ3v) is 3.23. The molecule has 1 aliphatic rings. The topological polar surface area (TPSA) is 56.3 Å². The molecule has 1 aromatic rings. The number of nitrogens with zero attached hydrogens (tertiary/aromatic N) is 2. The van der Waals surface area contributed by atoms with Crippen LogP contribution in [0.4, 0.5) is 5.82 Å². The second-order valence-corrected chi connectivity index (χ2v) is 5.11. The van der Waals surface area contributed by atoms with Crippen molar-refractivity contribution in [3.8, 4) is 0 Å². The summed E-state index contributed by atoms with van der Waals surface area (Å²) < 4.78 is 10.4. The molecule has 2 heterocycles. The van der Waals surface area contributed by atoms with E-state index < -0.39 is 0 Å². The average Bonchev–Trinajstić information content (AvgIpc) is 2.28. The van der Waals surface area contributed by atoms with E-state index in [1.807, 2.05) is 0 Å². The molecular formula is C12H18ClN3O2. The summed E-state index contributed by atoms with van der Waals surface area (Å²) in [6, 6.07) is 1.74. The van der Waals surface area contributed by atoms with Crippen molar-refractivity contribution in [1.82, 2.24) is 9.97 Å². The maximum absolute atomic E-state index is 5.98. The van der Waals surface area contributed by atoms with Gasteiger partial charge in [0.15, 0.2) is 5.82 Å². The van der Waals surface area contributed by atoms with Crippen LogP contribution in [0.25, 0.3) is 0 Å². The van der Waals surface area contributed by atoms with E-state index in [1.54, 1.807) is 13.2 Å². The van der Waals surface area contributed by atoms with Gasteiger partial charge in [-0.2, -0.15) is 0 Å². The van der Waals surface area contributed by atoms with Gasteiger partial charge in [-0.1, -0.05) is 11.6 Å². The van der Waals surface area contributed by atoms with E-state index in [0.717, 1.165) is 31.9 Å². The van der Waals surface area contributed by atoms with E-state index in [1.165, 1.54) is 0 Å². The molecule has 1 saturated heterocycles. The van der Waals surface area contributed by atoms with Crippen molar-refractivity contribution in [2.24, 2.45) is 0 Å². The number of ether oxygens (including phenoxy) is 2. The molecule has 0 unspecified atom stereocenters. The fraction of sp³-hybridized carbons (Fsp3) is 0.667. The molecule has 0 amide bonds. The monoisotopic (exact) mass is 271 g/mol. The molecule has 0 aliphatic carbocycles. The molecule has 0 atom stereocenters. The number of anilines is 1. The van der Waals surface area contributed by atoms with E-state index in [9.17, 15) is 0 Å². The summed E-state index contributed by atoms with van der Waals surface area (Å²) in [5.41, 5.74) is 0.000272. The third kappa shape index (κ3) is 3.54. The maximum atomic E-state index is 5.98. The fourth-order valence-corrected chi connectivity index (χ4v) is 2.18. The Balaban J connectivity index is 2.12. The van der Waals surface area contributed by atoms with Crippen LogP contribution in [0, 0.1) is 0 Å². The van der Waals surface area contributed by atoms with Gasteiger partial charge in [0.2, 0.25) is 0 Å². The predicted octanol–water partition coefficient (Wildman–Crippen LogP) is 2.26. The summed E-state index contributed by atoms with van der Waals surface area (Å²) >= 11 is 5.98. The highest BCUT2D eigenvalue weighted by Crippen LogP contribution is 2.25. The zero-order valence-electron chi connectivity index (χ0n) is 10.7. The van der Waals surface area contributed by atoms with Crippen LogP contribution in [0.5, 0.6) is 0 Å². The summed E-state index contributed by atoms with van der Waals surface area (Å²) in [6.07, 6.45) is 1.91. The SMILES string of the molecule is COCc1nc(Cl)cc(NC2(C)CCOCC2)n1. The lowest BCUT2D eigenvalue weighted by molar-refractivity contribution is 0.0657. The first-order valence-corrected chi connectivity index (χ1v) is 6.37. The van der Waals surface area contributed by atoms with Gasteiger partial charge in [0, 0.05) is 31.9 Å². The quantitative estimate of drug-likeness (QED) is 0.852. The summed E-state index contributed by atoms with van der Waals surface area (Å²) in [5.74, 6) is 1.33. The number of hydrogen-bond donors (Lipinski definition) is 1. The van der Waals surface area contributed by atoms with Crippen LogP contribution < -0.4 is 5.32 Å². The van der Waals surface area contributed by atoms with E-state index in [4.69, 9.17) is 21.1 Å². The first-order chi connectivity index (χ1) is 8.61. The molecule has 0 saturated carbocycles. The van der Waals surface area contributed by atoms with Crippen LogP contribution in [0.3, 0.4) is 0 Å². The summed E-state index contributed by atoms with van der Waals surface area (Å²) in [7, 11) is 1.61. The molecule has 5 nitrogen and oxygen atoms in total. The third-order valence-electron chi connectivity index (χ3n) is 3.04. The Morgan fingerprint density at radius 1 is 1.44 bits per heavy atom. The molecule has 1 aromatic heterocycles. The van der Waals surface area contributed by atoms with Gasteiger partial charge in [-0.25, -0.2) is 9.97 Å². The van der Waals surface area contributed by atoms with E-state index in [0.29, 0.717) is 17.6 Å². The van der Waals surface area contributed by atoms with Gasteiger partial charge in [0.1, 0.15) is 17.6 Å². The fourth-order valence-electron chi connectivity index (χ4n) is 1.98. The molecule has 6 heteroatoms. The summed E-state index contributed by atoms with van der Waals surface area (Å²) in [4.78, 5) is 8.49. The van der Waals surface area contributed by atoms with Crippen LogP contribution >= 0.6 is 11.6 Å². The minimum Gasteiger partial charge on any atom is -0.381 e. The van der Waals surface area contributed by atoms with Gasteiger partial charge in [-0.3, -0.25) is 0 Å². The van der Waals surface area contributed by atoms with Gasteiger partial charge < -0.3 is 14.8 Å². The van der Waals surface area contributed by atoms with Crippen molar-refractivity contribution in [2.75, 3.05) is 25.6 Å². The lowest BCUT2D eigenvalue weighted by Gasteiger charge is -2.35. The summed E-state index contributed by atoms with van der Waals surface area (Å²) in [6.45, 7) is 4.07. The molecule has 100 valence electrons. The smallest absolute Gasteiger partial charge is 0.158 e. The molecule has 1 N–H and O–H groups in total. The minimum atomic E-state index is 0.000272. The second-order valence-electron chi connectivity index (χ2n) is 4.72. The van der Waals surface area contributed by atoms with Crippen LogP contribution in [0.2, 0.25) is 5.15 Å². The van der Waals surface area contributed by atoms with E-state index in [2.05, 4.69) is 22.2 Å². The molecule has 0 radical (unpaired) electrons. The predicted molar refractivity (Wildman–Crippen MR) is 69.8 cm³/mol. The van der Waals surface area contributed by atoms with Crippen molar-refractivity contribution in [1.29, 1.82) is 0 Å². The molecule has 18 heavy (non-hydrogen) atoms. The number of methoxy groups -OCH3 is 1. The Morgan fingerprint density at radius 3 is 2.83 bits per heavy atom. The molecule has 1 fully saturated rings. The highest BCUT2D eigenvalue weighted by molar-refractivity contribution is 6.29. The molecule has 0 aromatic carbocycles. The molecule has 2 rings (SSSR count). The minimum absolute atomic E-state index is 0.000272. The highest BCUT2D eigenvalue weighted by atomic mass is 35.5. The van der Waals surface area contributed by atoms with Crippen LogP contribution in [0.15, 0.2) is 6.07 Å². The van der Waals surface area contributed by atoms with Crippen molar-refractivity contribution in [3.05, 3.63) is 17.0 Å². The molecular weight excluding hydrogens is 254 g/mol. The van der Waals surface area contributed by atoms with Crippen molar-refractivity contribution >= 4 is 17.4 Å². The first-order valence-electron chi connectivity index (χ1n) is 6.00. The van der Waals surface area contributed by atoms with E-state index in [-0.39, 0.29) is 5.54 Å². The Morgan fingerprint density at radius 2 is 2.17 bits per heavy atom. The van der Waals surface area contributed by atoms with Crippen molar-refractivity contribution in [3.63, 3.8) is 0 Å². The Labute approximate surface area is 112 Å². The zero-order chi connectivity index (χ0) is 13.0. The largest absolute Gasteiger partial charge is 0.381 e. The van der Waals surface area contributed by atoms with Crippen molar-refractivity contribution < 1.29 is 9.47 Å². The van der Waals surface area contributed by atoms with Gasteiger partial charge in [-0.15, -0.1) is 0 Å². The van der Waals surface area contributed by atoms with Gasteiger partial charge in [-0.05, 0) is 19.8 Å². The average molecular weight is 272 g/mol. The number of hydrogen-bond acceptors (Lipinski definition) is 5.